The van der Waals surface area contributed by atoms with Crippen molar-refractivity contribution in [1.82, 2.24) is 25.1 Å². The summed E-state index contributed by atoms with van der Waals surface area (Å²) in [5, 5.41) is 8.47. The van der Waals surface area contributed by atoms with Crippen LogP contribution in [0.2, 0.25) is 0 Å². The van der Waals surface area contributed by atoms with Gasteiger partial charge >= 0.3 is 0 Å². The smallest absolute Gasteiger partial charge is 0.214 e. The van der Waals surface area contributed by atoms with E-state index < -0.39 is 0 Å². The van der Waals surface area contributed by atoms with Gasteiger partial charge in [0.1, 0.15) is 23.4 Å². The molecule has 0 aromatic carbocycles. The molecule has 8 nitrogen and oxygen atoms in total. The van der Waals surface area contributed by atoms with Gasteiger partial charge in [-0.05, 0) is 33.6 Å². The van der Waals surface area contributed by atoms with Crippen molar-refractivity contribution in [3.63, 3.8) is 0 Å². The molecule has 2 atom stereocenters. The molecule has 5 rings (SSSR count). The Labute approximate surface area is 163 Å². The van der Waals surface area contributed by atoms with Gasteiger partial charge in [0.25, 0.3) is 0 Å². The van der Waals surface area contributed by atoms with Gasteiger partial charge in [0, 0.05) is 30.6 Å². The highest BCUT2D eigenvalue weighted by atomic mass is 16.5. The average Bonchev–Trinajstić information content (AvgIpc) is 3.24. The highest BCUT2D eigenvalue weighted by Crippen LogP contribution is 2.39. The summed E-state index contributed by atoms with van der Waals surface area (Å²) < 4.78 is 11.8. The molecule has 0 spiro atoms. The Morgan fingerprint density at radius 1 is 1.14 bits per heavy atom. The molecule has 146 valence electrons. The van der Waals surface area contributed by atoms with Gasteiger partial charge in [-0.3, -0.25) is 5.10 Å². The van der Waals surface area contributed by atoms with Crippen LogP contribution in [0.4, 0.5) is 5.82 Å². The highest BCUT2D eigenvalue weighted by molar-refractivity contribution is 5.92. The zero-order valence-electron chi connectivity index (χ0n) is 16.3. The first-order valence-corrected chi connectivity index (χ1v) is 9.75. The number of hydrogen-bond donors (Lipinski definition) is 1. The minimum absolute atomic E-state index is 0.0730. The molecule has 2 unspecified atom stereocenters. The fourth-order valence-corrected chi connectivity index (χ4v) is 3.69. The number of H-pyrrole nitrogens is 1. The van der Waals surface area contributed by atoms with Crippen LogP contribution in [0.1, 0.15) is 33.6 Å². The molecule has 3 aromatic rings. The first-order valence-electron chi connectivity index (χ1n) is 9.75. The maximum Gasteiger partial charge on any atom is 0.214 e. The number of morpholine rings is 1. The molecule has 1 N–H and O–H groups in total. The van der Waals surface area contributed by atoms with Crippen molar-refractivity contribution in [3.8, 4) is 17.3 Å². The van der Waals surface area contributed by atoms with Gasteiger partial charge in [0.15, 0.2) is 0 Å². The number of nitrogens with zero attached hydrogens (tertiary/aromatic N) is 5. The van der Waals surface area contributed by atoms with Crippen molar-refractivity contribution in [3.05, 3.63) is 24.7 Å². The Bertz CT molecular complexity index is 1000. The number of fused-ring (bicyclic) bond motifs is 1. The van der Waals surface area contributed by atoms with Gasteiger partial charge in [-0.1, -0.05) is 0 Å². The van der Waals surface area contributed by atoms with Crippen LogP contribution in [0.3, 0.4) is 0 Å². The van der Waals surface area contributed by atoms with E-state index in [9.17, 15) is 0 Å². The summed E-state index contributed by atoms with van der Waals surface area (Å²) >= 11 is 0. The monoisotopic (exact) mass is 380 g/mol. The lowest BCUT2D eigenvalue weighted by Crippen LogP contribution is -2.45. The van der Waals surface area contributed by atoms with E-state index in [1.54, 1.807) is 12.5 Å². The average molecular weight is 380 g/mol. The zero-order valence-corrected chi connectivity index (χ0v) is 16.3. The molecule has 1 saturated carbocycles. The van der Waals surface area contributed by atoms with Crippen molar-refractivity contribution < 1.29 is 9.47 Å². The molecule has 1 aliphatic heterocycles. The predicted octanol–water partition coefficient (Wildman–Crippen LogP) is 2.96. The fourth-order valence-electron chi connectivity index (χ4n) is 3.69. The summed E-state index contributed by atoms with van der Waals surface area (Å²) in [6.45, 7) is 7.89. The SMILES string of the molecule is CC1CN(c2cc(-c3n[nH]c4cnc(OC5(C)CC5)cc34)ncn2)CC(C)O1. The molecule has 28 heavy (non-hydrogen) atoms. The van der Waals surface area contributed by atoms with Crippen LogP contribution >= 0.6 is 0 Å². The maximum atomic E-state index is 6.02. The molecule has 3 aromatic heterocycles. The summed E-state index contributed by atoms with van der Waals surface area (Å²) in [6.07, 6.45) is 5.83. The number of rotatable bonds is 4. The summed E-state index contributed by atoms with van der Waals surface area (Å²) in [6, 6.07) is 3.93. The third kappa shape index (κ3) is 3.28. The van der Waals surface area contributed by atoms with Gasteiger partial charge in [0.05, 0.1) is 29.6 Å². The van der Waals surface area contributed by atoms with Crippen LogP contribution in [0, 0.1) is 0 Å². The molecule has 2 aliphatic rings. The lowest BCUT2D eigenvalue weighted by Gasteiger charge is -2.36. The van der Waals surface area contributed by atoms with E-state index in [0.717, 1.165) is 54.0 Å². The Balaban J connectivity index is 1.49. The quantitative estimate of drug-likeness (QED) is 0.744. The van der Waals surface area contributed by atoms with Gasteiger partial charge < -0.3 is 14.4 Å². The lowest BCUT2D eigenvalue weighted by molar-refractivity contribution is -0.00546. The van der Waals surface area contributed by atoms with Crippen LogP contribution in [0.15, 0.2) is 24.7 Å². The topological polar surface area (TPSA) is 89.1 Å². The molecule has 1 saturated heterocycles. The molecule has 0 bridgehead atoms. The van der Waals surface area contributed by atoms with Crippen molar-refractivity contribution in [2.45, 2.75) is 51.4 Å². The zero-order chi connectivity index (χ0) is 19.3. The first-order chi connectivity index (χ1) is 13.5. The number of nitrogens with one attached hydrogen (secondary N) is 1. The van der Waals surface area contributed by atoms with Gasteiger partial charge in [-0.25, -0.2) is 15.0 Å². The second-order valence-corrected chi connectivity index (χ2v) is 8.12. The van der Waals surface area contributed by atoms with Crippen LogP contribution in [-0.4, -0.2) is 56.0 Å². The standard InChI is InChI=1S/C20H24N6O2/c1-12-9-26(10-13(2)27-12)17-7-15(22-11-23-17)19-14-6-18(28-20(3)4-5-20)21-8-16(14)24-25-19/h6-8,11-13H,4-5,9-10H2,1-3H3,(H,24,25). The largest absolute Gasteiger partial charge is 0.471 e. The van der Waals surface area contributed by atoms with E-state index >= 15 is 0 Å². The van der Waals surface area contributed by atoms with E-state index in [2.05, 4.69) is 50.8 Å². The molecule has 8 heteroatoms. The predicted molar refractivity (Wildman–Crippen MR) is 105 cm³/mol. The van der Waals surface area contributed by atoms with Crippen LogP contribution in [0.5, 0.6) is 5.88 Å². The van der Waals surface area contributed by atoms with Crippen molar-refractivity contribution in [2.75, 3.05) is 18.0 Å². The second kappa shape index (κ2) is 6.41. The third-order valence-electron chi connectivity index (χ3n) is 5.37. The summed E-state index contributed by atoms with van der Waals surface area (Å²) in [7, 11) is 0. The number of pyridine rings is 1. The Hall–Kier alpha value is -2.74. The Kier molecular flexibility index (Phi) is 3.97. The third-order valence-corrected chi connectivity index (χ3v) is 5.37. The van der Waals surface area contributed by atoms with Gasteiger partial charge in [0.2, 0.25) is 5.88 Å². The summed E-state index contributed by atoms with van der Waals surface area (Å²) in [5.41, 5.74) is 2.34. The number of hydrogen-bond acceptors (Lipinski definition) is 7. The van der Waals surface area contributed by atoms with E-state index in [1.807, 2.05) is 12.1 Å². The van der Waals surface area contributed by atoms with Crippen molar-refractivity contribution in [2.24, 2.45) is 0 Å². The first kappa shape index (κ1) is 17.4. The Morgan fingerprint density at radius 2 is 1.93 bits per heavy atom. The van der Waals surface area contributed by atoms with E-state index in [0.29, 0.717) is 5.88 Å². The summed E-state index contributed by atoms with van der Waals surface area (Å²) in [5.74, 6) is 1.51. The number of aromatic nitrogens is 5. The molecular weight excluding hydrogens is 356 g/mol. The number of anilines is 1. The van der Waals surface area contributed by atoms with E-state index in [-0.39, 0.29) is 17.8 Å². The normalized spacial score (nSPS) is 23.8. The van der Waals surface area contributed by atoms with E-state index in [4.69, 9.17) is 9.47 Å². The van der Waals surface area contributed by atoms with Crippen LogP contribution in [-0.2, 0) is 4.74 Å². The van der Waals surface area contributed by atoms with Gasteiger partial charge in [-0.2, -0.15) is 5.10 Å². The molecular formula is C20H24N6O2. The maximum absolute atomic E-state index is 6.02. The molecule has 0 radical (unpaired) electrons. The number of aromatic amines is 1. The second-order valence-electron chi connectivity index (χ2n) is 8.12. The van der Waals surface area contributed by atoms with Crippen LogP contribution in [0.25, 0.3) is 22.3 Å². The van der Waals surface area contributed by atoms with E-state index in [1.165, 1.54) is 0 Å². The Morgan fingerprint density at radius 3 is 2.68 bits per heavy atom. The fraction of sp³-hybridized carbons (Fsp3) is 0.500. The molecule has 0 amide bonds. The molecule has 1 aliphatic carbocycles. The summed E-state index contributed by atoms with van der Waals surface area (Å²) in [4.78, 5) is 15.6. The number of ether oxygens (including phenoxy) is 2. The van der Waals surface area contributed by atoms with Gasteiger partial charge in [-0.15, -0.1) is 0 Å². The van der Waals surface area contributed by atoms with Crippen molar-refractivity contribution >= 4 is 16.7 Å². The van der Waals surface area contributed by atoms with Crippen LogP contribution < -0.4 is 9.64 Å². The molecule has 4 heterocycles. The molecule has 2 fully saturated rings. The highest BCUT2D eigenvalue weighted by Gasteiger charge is 2.40. The minimum Gasteiger partial charge on any atom is -0.471 e. The van der Waals surface area contributed by atoms with Crippen molar-refractivity contribution in [1.29, 1.82) is 0 Å². The minimum atomic E-state index is -0.0730. The lowest BCUT2D eigenvalue weighted by atomic mass is 10.2.